The third kappa shape index (κ3) is 20.3. The van der Waals surface area contributed by atoms with Crippen molar-refractivity contribution < 1.29 is 73.3 Å². The number of fused-ring (bicyclic) bond motifs is 6. The molecule has 0 amide bonds. The zero-order valence-corrected chi connectivity index (χ0v) is 56.9. The summed E-state index contributed by atoms with van der Waals surface area (Å²) in [5.41, 5.74) is 11.9. The molecule has 0 N–H and O–H groups in total. The molecule has 428 valence electrons. The summed E-state index contributed by atoms with van der Waals surface area (Å²) >= 11 is 2.92. The molecule has 4 heteroatoms. The van der Waals surface area contributed by atoms with Crippen molar-refractivity contribution in [1.29, 1.82) is 0 Å². The van der Waals surface area contributed by atoms with Gasteiger partial charge in [-0.05, 0) is 12.8 Å². The molecule has 2 aliphatic carbocycles. The van der Waals surface area contributed by atoms with Crippen LogP contribution in [0.2, 0.25) is 0 Å². The molecule has 0 spiro atoms. The molecule has 12 rings (SSSR count). The van der Waals surface area contributed by atoms with Gasteiger partial charge in [0.05, 0.1) is 0 Å². The Morgan fingerprint density at radius 1 is 0.321 bits per heavy atom. The summed E-state index contributed by atoms with van der Waals surface area (Å²) in [5, 5.41) is 10.8. The molecule has 0 bridgehead atoms. The molecule has 0 saturated carbocycles. The Bertz CT molecular complexity index is 3210. The van der Waals surface area contributed by atoms with Crippen LogP contribution in [0.15, 0.2) is 265 Å². The summed E-state index contributed by atoms with van der Waals surface area (Å²) in [7, 11) is 0. The normalized spacial score (nSPS) is 13.7. The molecule has 2 aliphatic rings. The Kier molecular flexibility index (Phi) is 31.8. The summed E-state index contributed by atoms with van der Waals surface area (Å²) in [6.45, 7) is 13.6. The van der Waals surface area contributed by atoms with Gasteiger partial charge in [0, 0.05) is 0 Å². The minimum atomic E-state index is 0. The van der Waals surface area contributed by atoms with E-state index in [9.17, 15) is 0 Å². The van der Waals surface area contributed by atoms with Gasteiger partial charge >= 0.3 is 198 Å². The predicted molar refractivity (Wildman–Crippen MR) is 352 cm³/mol. The van der Waals surface area contributed by atoms with Crippen LogP contribution in [0.1, 0.15) is 141 Å². The minimum absolute atomic E-state index is 0. The van der Waals surface area contributed by atoms with Gasteiger partial charge < -0.3 is 24.8 Å². The van der Waals surface area contributed by atoms with E-state index in [1.807, 2.05) is 0 Å². The molecule has 0 fully saturated rings. The predicted octanol–water partition coefficient (Wildman–Crippen LogP) is 16.4. The zero-order chi connectivity index (χ0) is 57.7. The van der Waals surface area contributed by atoms with Crippen molar-refractivity contribution in [1.82, 2.24) is 0 Å². The van der Waals surface area contributed by atoms with Gasteiger partial charge in [0.15, 0.2) is 0 Å². The molecule has 2 atom stereocenters. The van der Waals surface area contributed by atoms with E-state index >= 15 is 0 Å². The molecule has 84 heavy (non-hydrogen) atoms. The Hall–Kier alpha value is -5.45. The van der Waals surface area contributed by atoms with Crippen molar-refractivity contribution >= 4 is 49.5 Å². The van der Waals surface area contributed by atoms with Crippen LogP contribution < -0.4 is 24.8 Å². The Morgan fingerprint density at radius 3 is 0.798 bits per heavy atom. The fourth-order valence-electron chi connectivity index (χ4n) is 11.1. The fourth-order valence-corrected chi connectivity index (χ4v) is 12.7. The fraction of sp³-hybridized carbons (Fsp3) is 0.250. The van der Waals surface area contributed by atoms with Crippen LogP contribution in [0.5, 0.6) is 0 Å². The number of hydrogen-bond donors (Lipinski definition) is 0. The average molecular weight is 1300 g/mol. The maximum atomic E-state index is 3.53. The van der Waals surface area contributed by atoms with E-state index < -0.39 is 0 Å². The summed E-state index contributed by atoms with van der Waals surface area (Å²) in [5.74, 6) is 1.31. The van der Waals surface area contributed by atoms with E-state index in [1.54, 1.807) is 22.3 Å². The quantitative estimate of drug-likeness (QED) is 0.0846. The second-order valence-corrected chi connectivity index (χ2v) is 23.7. The first-order valence-electron chi connectivity index (χ1n) is 30.4. The van der Waals surface area contributed by atoms with Crippen LogP contribution in [0, 0.1) is 24.0 Å². The van der Waals surface area contributed by atoms with Crippen molar-refractivity contribution in [2.75, 3.05) is 0 Å². The molecule has 10 aromatic carbocycles. The first-order valence-corrected chi connectivity index (χ1v) is 32.8. The summed E-state index contributed by atoms with van der Waals surface area (Å²) in [4.78, 5) is 0. The second kappa shape index (κ2) is 38.6. The Labute approximate surface area is 547 Å². The van der Waals surface area contributed by atoms with E-state index in [4.69, 9.17) is 0 Å². The average Bonchev–Trinajstić information content (AvgIpc) is 4.44. The van der Waals surface area contributed by atoms with Gasteiger partial charge in [-0.15, -0.1) is 79.5 Å². The number of benzene rings is 8. The van der Waals surface area contributed by atoms with Crippen LogP contribution in [-0.4, -0.2) is 6.41 Å². The van der Waals surface area contributed by atoms with Crippen molar-refractivity contribution in [2.45, 2.75) is 119 Å². The number of rotatable bonds is 16. The molecule has 0 heterocycles. The number of halogens is 2. The number of hydrogen-bond acceptors (Lipinski definition) is 0. The van der Waals surface area contributed by atoms with Crippen LogP contribution in [0.4, 0.5) is 0 Å². The van der Waals surface area contributed by atoms with Gasteiger partial charge in [-0.3, -0.25) is 12.2 Å². The number of allylic oxidation sites excluding steroid dienone is 8. The molecular formula is C80H84Cl2Zr2-2. The molecule has 0 aromatic heterocycles. The van der Waals surface area contributed by atoms with E-state index in [0.717, 1.165) is 0 Å². The summed E-state index contributed by atoms with van der Waals surface area (Å²) in [6, 6.07) is 80.8. The van der Waals surface area contributed by atoms with Gasteiger partial charge in [0.1, 0.15) is 0 Å². The van der Waals surface area contributed by atoms with Gasteiger partial charge in [0.25, 0.3) is 0 Å². The van der Waals surface area contributed by atoms with E-state index in [0.29, 0.717) is 11.8 Å². The topological polar surface area (TPSA) is 0 Å². The first-order chi connectivity index (χ1) is 40.3. The molecule has 2 unspecified atom stereocenters. The molecule has 0 radical (unpaired) electrons. The van der Waals surface area contributed by atoms with Crippen LogP contribution >= 0.6 is 0 Å². The maximum absolute atomic E-state index is 3.53. The van der Waals surface area contributed by atoms with Gasteiger partial charge in [-0.2, -0.15) is 22.3 Å². The monoisotopic (exact) mass is 1290 g/mol. The van der Waals surface area contributed by atoms with Crippen molar-refractivity contribution in [2.24, 2.45) is 11.8 Å². The van der Waals surface area contributed by atoms with Crippen molar-refractivity contribution in [3.8, 4) is 0 Å². The smallest absolute Gasteiger partial charge is 0.0771 e. The zero-order valence-electron chi connectivity index (χ0n) is 50.5. The summed E-state index contributed by atoms with van der Waals surface area (Å²) in [6.07, 6.45) is 26.9. The molecule has 0 saturated heterocycles. The second-order valence-electron chi connectivity index (χ2n) is 21.3. The maximum Gasteiger partial charge on any atom is -0.0771 e. The van der Waals surface area contributed by atoms with E-state index in [1.165, 1.54) is 197 Å². The van der Waals surface area contributed by atoms with Crippen LogP contribution in [-0.2, 0) is 48.5 Å². The molecule has 0 nitrogen and oxygen atoms in total. The minimum Gasteiger partial charge on any atom is -0.126 e. The van der Waals surface area contributed by atoms with Gasteiger partial charge in [-0.1, -0.05) is 190 Å². The summed E-state index contributed by atoms with van der Waals surface area (Å²) < 4.78 is 2.83. The Morgan fingerprint density at radius 2 is 0.560 bits per heavy atom. The Balaban J connectivity index is 0.000000183. The van der Waals surface area contributed by atoms with Crippen LogP contribution in [0.25, 0.3) is 43.1 Å². The van der Waals surface area contributed by atoms with Gasteiger partial charge in [0.2, 0.25) is 0 Å². The van der Waals surface area contributed by atoms with Crippen molar-refractivity contribution in [3.05, 3.63) is 299 Å². The SMILES string of the molecule is CCCC1=C(CCC)C(CCC)[C-]=C1.CCCC1=C(CCC)C(CCC)[C-]=C1.[Cl-].[Cl-].[Zr+2]=[C](c1ccccc1)c1ccccc1.[Zr+2]=[C](c1ccccc1)c1ccccc1.c1ccc2c(c1)[cH-]c1ccccc12.c1ccc2c(c1)[cH-]c1ccccc12. The third-order valence-corrected chi connectivity index (χ3v) is 17.9. The first kappa shape index (κ1) is 69.3. The molecule has 0 aliphatic heterocycles. The van der Waals surface area contributed by atoms with E-state index in [2.05, 4.69) is 296 Å². The van der Waals surface area contributed by atoms with Gasteiger partial charge in [-0.25, -0.2) is 12.2 Å². The molecule has 10 aromatic rings. The molecular weight excluding hydrogens is 1210 g/mol. The standard InChI is InChI=1S/2C14H23.2C13H9.2C13H10.2ClH.2Zr/c2*1-4-7-12-10-11-13(8-5-2)14(12)9-6-3;2*1-3-7-12-10(5-1)9-11-6-2-4-8-13(11)12;2*1-3-7-12(8-4-1)11-13-9-5-2-6-10-13;;;;/h2*10,13H,4-9H2,1-3H3;2*1-9H;2*1-10H;2*1H;;/q4*-1;;;;;2*+2/p-2. The largest absolute Gasteiger partial charge is 0.126 e. The third-order valence-electron chi connectivity index (χ3n) is 15.1. The van der Waals surface area contributed by atoms with Crippen LogP contribution in [0.3, 0.4) is 0 Å². The van der Waals surface area contributed by atoms with E-state index in [-0.39, 0.29) is 24.8 Å². The van der Waals surface area contributed by atoms with Crippen molar-refractivity contribution in [3.63, 3.8) is 0 Å².